The highest BCUT2D eigenvalue weighted by atomic mass is 16.2. The first-order chi connectivity index (χ1) is 8.10. The van der Waals surface area contributed by atoms with Gasteiger partial charge in [0.1, 0.15) is 0 Å². The zero-order chi connectivity index (χ0) is 13.3. The molecule has 0 saturated heterocycles. The molecule has 0 atom stereocenters. The van der Waals surface area contributed by atoms with E-state index in [9.17, 15) is 9.82 Å². The number of hydrogen-bond acceptors (Lipinski definition) is 2. The van der Waals surface area contributed by atoms with Crippen molar-refractivity contribution >= 4 is 13.0 Å². The van der Waals surface area contributed by atoms with Gasteiger partial charge in [0.15, 0.2) is 0 Å². The summed E-state index contributed by atoms with van der Waals surface area (Å²) in [6.07, 6.45) is 7.75. The van der Waals surface area contributed by atoms with E-state index in [0.717, 1.165) is 5.47 Å². The first-order valence-corrected chi connectivity index (χ1v) is 5.72. The van der Waals surface area contributed by atoms with E-state index in [-0.39, 0.29) is 5.91 Å². The van der Waals surface area contributed by atoms with Crippen LogP contribution in [0.1, 0.15) is 26.7 Å². The Labute approximate surface area is 104 Å². The molecule has 2 N–H and O–H groups in total. The topological polar surface area (TPSA) is 49.3 Å². The van der Waals surface area contributed by atoms with Crippen molar-refractivity contribution in [2.24, 2.45) is 0 Å². The highest BCUT2D eigenvalue weighted by Crippen LogP contribution is 2.05. The standard InChI is InChI=1S/C13H20BNO2/c1-5-9-11(7-3)13(16)15-14(17)12(8-4)10-6-2/h5-6,9-10,17H,1-2,7-8H2,3-4H3,(H,15,16)/b11-9+,12-10+. The fourth-order valence-corrected chi connectivity index (χ4v) is 1.36. The van der Waals surface area contributed by atoms with Gasteiger partial charge in [0.25, 0.3) is 0 Å². The summed E-state index contributed by atoms with van der Waals surface area (Å²) in [6.45, 7) is 10.9. The summed E-state index contributed by atoms with van der Waals surface area (Å²) in [5.74, 6) is -0.275. The van der Waals surface area contributed by atoms with Gasteiger partial charge in [-0.05, 0) is 18.3 Å². The molecular formula is C13H20BNO2. The molecule has 0 aromatic heterocycles. The van der Waals surface area contributed by atoms with Crippen molar-refractivity contribution in [3.05, 3.63) is 48.5 Å². The normalized spacial score (nSPS) is 11.9. The summed E-state index contributed by atoms with van der Waals surface area (Å²) in [6, 6.07) is 0. The molecule has 0 aliphatic rings. The van der Waals surface area contributed by atoms with Crippen molar-refractivity contribution in [3.63, 3.8) is 0 Å². The summed E-state index contributed by atoms with van der Waals surface area (Å²) in [7, 11) is -0.967. The van der Waals surface area contributed by atoms with E-state index in [0.29, 0.717) is 18.4 Å². The molecule has 4 heteroatoms. The predicted molar refractivity (Wildman–Crippen MR) is 73.3 cm³/mol. The van der Waals surface area contributed by atoms with Gasteiger partial charge in [-0.15, -0.1) is 0 Å². The fraction of sp³-hybridized carbons (Fsp3) is 0.308. The molecule has 1 amide bonds. The molecule has 0 radical (unpaired) electrons. The molecule has 92 valence electrons. The average molecular weight is 233 g/mol. The quantitative estimate of drug-likeness (QED) is 0.402. The number of carbonyl (C=O) groups excluding carboxylic acids is 1. The van der Waals surface area contributed by atoms with Crippen LogP contribution < -0.4 is 5.23 Å². The van der Waals surface area contributed by atoms with Crippen LogP contribution in [0.5, 0.6) is 0 Å². The fourth-order valence-electron chi connectivity index (χ4n) is 1.36. The lowest BCUT2D eigenvalue weighted by Gasteiger charge is -2.12. The predicted octanol–water partition coefficient (Wildman–Crippen LogP) is 2.17. The molecule has 17 heavy (non-hydrogen) atoms. The molecule has 0 fully saturated rings. The molecule has 0 aromatic rings. The lowest BCUT2D eigenvalue weighted by molar-refractivity contribution is -0.116. The highest BCUT2D eigenvalue weighted by molar-refractivity contribution is 6.59. The minimum absolute atomic E-state index is 0.275. The Morgan fingerprint density at radius 2 is 1.82 bits per heavy atom. The molecule has 0 saturated carbocycles. The van der Waals surface area contributed by atoms with Crippen molar-refractivity contribution in [1.82, 2.24) is 5.23 Å². The van der Waals surface area contributed by atoms with Crippen LogP contribution in [0.2, 0.25) is 0 Å². The van der Waals surface area contributed by atoms with Crippen molar-refractivity contribution in [3.8, 4) is 0 Å². The Morgan fingerprint density at radius 1 is 1.24 bits per heavy atom. The van der Waals surface area contributed by atoms with Gasteiger partial charge in [-0.2, -0.15) is 0 Å². The second-order valence-electron chi connectivity index (χ2n) is 3.49. The van der Waals surface area contributed by atoms with E-state index in [2.05, 4.69) is 18.4 Å². The van der Waals surface area contributed by atoms with E-state index in [1.807, 2.05) is 13.8 Å². The lowest BCUT2D eigenvalue weighted by atomic mass is 9.71. The van der Waals surface area contributed by atoms with E-state index >= 15 is 0 Å². The molecule has 0 heterocycles. The van der Waals surface area contributed by atoms with E-state index in [1.165, 1.54) is 0 Å². The van der Waals surface area contributed by atoms with Crippen LogP contribution in [-0.2, 0) is 4.79 Å². The van der Waals surface area contributed by atoms with Crippen LogP contribution in [0.15, 0.2) is 48.5 Å². The SMILES string of the molecule is C=C/C=C(\CC)B(O)NC(=O)/C(=C/C=C)CC. The summed E-state index contributed by atoms with van der Waals surface area (Å²) < 4.78 is 0. The maximum atomic E-state index is 11.8. The van der Waals surface area contributed by atoms with E-state index in [4.69, 9.17) is 0 Å². The largest absolute Gasteiger partial charge is 0.444 e. The smallest absolute Gasteiger partial charge is 0.429 e. The third-order valence-corrected chi connectivity index (χ3v) is 2.35. The summed E-state index contributed by atoms with van der Waals surface area (Å²) in [5, 5.41) is 12.4. The van der Waals surface area contributed by atoms with E-state index < -0.39 is 7.05 Å². The second-order valence-corrected chi connectivity index (χ2v) is 3.49. The molecule has 0 bridgehead atoms. The lowest BCUT2D eigenvalue weighted by Crippen LogP contribution is -2.41. The molecular weight excluding hydrogens is 213 g/mol. The minimum Gasteiger partial charge on any atom is -0.429 e. The Morgan fingerprint density at radius 3 is 2.24 bits per heavy atom. The third kappa shape index (κ3) is 5.36. The van der Waals surface area contributed by atoms with Crippen LogP contribution in [0.3, 0.4) is 0 Å². The van der Waals surface area contributed by atoms with Crippen molar-refractivity contribution in [2.45, 2.75) is 26.7 Å². The number of nitrogens with one attached hydrogen (secondary N) is 1. The van der Waals surface area contributed by atoms with Crippen molar-refractivity contribution in [2.75, 3.05) is 0 Å². The van der Waals surface area contributed by atoms with Crippen LogP contribution in [0.4, 0.5) is 0 Å². The molecule has 0 aliphatic carbocycles. The zero-order valence-electron chi connectivity index (χ0n) is 10.6. The average Bonchev–Trinajstić information content (AvgIpc) is 2.32. The van der Waals surface area contributed by atoms with Crippen LogP contribution in [-0.4, -0.2) is 18.0 Å². The third-order valence-electron chi connectivity index (χ3n) is 2.35. The van der Waals surface area contributed by atoms with Gasteiger partial charge in [-0.25, -0.2) is 0 Å². The van der Waals surface area contributed by atoms with Crippen LogP contribution >= 0.6 is 0 Å². The molecule has 0 unspecified atom stereocenters. The van der Waals surface area contributed by atoms with Gasteiger partial charge in [0, 0.05) is 5.57 Å². The van der Waals surface area contributed by atoms with Crippen LogP contribution in [0.25, 0.3) is 0 Å². The number of hydrogen-bond donors (Lipinski definition) is 2. The second kappa shape index (κ2) is 8.59. The Hall–Kier alpha value is -1.55. The van der Waals surface area contributed by atoms with Gasteiger partial charge in [-0.1, -0.05) is 51.3 Å². The van der Waals surface area contributed by atoms with Gasteiger partial charge < -0.3 is 10.3 Å². The highest BCUT2D eigenvalue weighted by Gasteiger charge is 2.20. The minimum atomic E-state index is -0.967. The number of carbonyl (C=O) groups is 1. The van der Waals surface area contributed by atoms with Gasteiger partial charge in [0.05, 0.1) is 0 Å². The zero-order valence-corrected chi connectivity index (χ0v) is 10.6. The summed E-state index contributed by atoms with van der Waals surface area (Å²) in [5.41, 5.74) is 1.32. The number of rotatable bonds is 7. The first-order valence-electron chi connectivity index (χ1n) is 5.72. The molecule has 0 aromatic carbocycles. The molecule has 0 aliphatic heterocycles. The number of allylic oxidation sites excluding steroid dienone is 5. The maximum Gasteiger partial charge on any atom is 0.444 e. The Bertz CT molecular complexity index is 345. The Balaban J connectivity index is 4.67. The molecule has 3 nitrogen and oxygen atoms in total. The van der Waals surface area contributed by atoms with Crippen molar-refractivity contribution in [1.29, 1.82) is 0 Å². The van der Waals surface area contributed by atoms with Gasteiger partial charge in [-0.3, -0.25) is 4.79 Å². The summed E-state index contributed by atoms with van der Waals surface area (Å²) >= 11 is 0. The number of amides is 1. The summed E-state index contributed by atoms with van der Waals surface area (Å²) in [4.78, 5) is 11.8. The van der Waals surface area contributed by atoms with E-state index in [1.54, 1.807) is 24.3 Å². The molecule has 0 rings (SSSR count). The Kier molecular flexibility index (Phi) is 7.81. The van der Waals surface area contributed by atoms with Crippen LogP contribution in [0, 0.1) is 0 Å². The van der Waals surface area contributed by atoms with Gasteiger partial charge >= 0.3 is 7.05 Å². The monoisotopic (exact) mass is 233 g/mol. The van der Waals surface area contributed by atoms with Gasteiger partial charge in [0.2, 0.25) is 5.91 Å². The van der Waals surface area contributed by atoms with Crippen molar-refractivity contribution < 1.29 is 9.82 Å². The first kappa shape index (κ1) is 15.5. The maximum absolute atomic E-state index is 11.8. The molecule has 0 spiro atoms.